The monoisotopic (exact) mass is 527 g/mol. The lowest BCUT2D eigenvalue weighted by Gasteiger charge is -2.32. The molecule has 186 valence electrons. The molecule has 1 N–H and O–H groups in total. The number of aryl methyl sites for hydroxylation is 1. The minimum Gasteiger partial charge on any atom is -0.352 e. The molecule has 0 radical (unpaired) electrons. The molecule has 0 heterocycles. The van der Waals surface area contributed by atoms with Crippen molar-refractivity contribution in [1.29, 1.82) is 0 Å². The van der Waals surface area contributed by atoms with Gasteiger partial charge in [-0.3, -0.25) is 13.9 Å². The fourth-order valence-electron chi connectivity index (χ4n) is 3.19. The Morgan fingerprint density at radius 1 is 1.03 bits per heavy atom. The van der Waals surface area contributed by atoms with Crippen LogP contribution in [-0.4, -0.2) is 50.0 Å². The predicted octanol–water partition coefficient (Wildman–Crippen LogP) is 4.40. The Morgan fingerprint density at radius 3 is 2.18 bits per heavy atom. The standard InChI is InChI=1S/C24H31Cl2N3O4S/c1-6-17(3)27-24(31)18(4)28(14-19-9-7-16(2)8-10-19)23(30)15-29(34(5,32)33)20-11-12-21(25)22(26)13-20/h7-13,17-18H,6,14-15H2,1-5H3,(H,27,31)/t17-,18+/m1/s1. The number of halogens is 2. The lowest BCUT2D eigenvalue weighted by molar-refractivity contribution is -0.139. The van der Waals surface area contributed by atoms with Gasteiger partial charge in [0.25, 0.3) is 0 Å². The average molecular weight is 529 g/mol. The van der Waals surface area contributed by atoms with Crippen molar-refractivity contribution in [3.63, 3.8) is 0 Å². The van der Waals surface area contributed by atoms with Gasteiger partial charge in [0.05, 0.1) is 22.0 Å². The number of amides is 2. The number of rotatable bonds is 10. The van der Waals surface area contributed by atoms with Gasteiger partial charge in [-0.15, -0.1) is 0 Å². The number of anilines is 1. The first-order valence-corrected chi connectivity index (χ1v) is 13.5. The van der Waals surface area contributed by atoms with E-state index in [9.17, 15) is 18.0 Å². The minimum absolute atomic E-state index is 0.0602. The van der Waals surface area contributed by atoms with Gasteiger partial charge in [0.2, 0.25) is 21.8 Å². The highest BCUT2D eigenvalue weighted by Crippen LogP contribution is 2.28. The quantitative estimate of drug-likeness (QED) is 0.495. The zero-order valence-electron chi connectivity index (χ0n) is 20.0. The maximum atomic E-state index is 13.5. The first kappa shape index (κ1) is 28.0. The molecule has 0 saturated carbocycles. The van der Waals surface area contributed by atoms with Crippen LogP contribution >= 0.6 is 23.2 Å². The number of carbonyl (C=O) groups excluding carboxylic acids is 2. The molecule has 2 amide bonds. The van der Waals surface area contributed by atoms with Gasteiger partial charge in [-0.1, -0.05) is 60.0 Å². The third kappa shape index (κ3) is 7.61. The van der Waals surface area contributed by atoms with Gasteiger partial charge in [-0.2, -0.15) is 0 Å². The van der Waals surface area contributed by atoms with E-state index in [1.54, 1.807) is 6.92 Å². The molecule has 0 fully saturated rings. The molecular formula is C24H31Cl2N3O4S. The molecule has 0 aliphatic rings. The van der Waals surface area contributed by atoms with Gasteiger partial charge in [0.1, 0.15) is 12.6 Å². The van der Waals surface area contributed by atoms with Crippen molar-refractivity contribution < 1.29 is 18.0 Å². The molecule has 0 saturated heterocycles. The second-order valence-corrected chi connectivity index (χ2v) is 11.1. The highest BCUT2D eigenvalue weighted by Gasteiger charge is 2.30. The first-order chi connectivity index (χ1) is 15.8. The minimum atomic E-state index is -3.84. The van der Waals surface area contributed by atoms with Crippen LogP contribution in [0.5, 0.6) is 0 Å². The van der Waals surface area contributed by atoms with E-state index in [-0.39, 0.29) is 34.2 Å². The lowest BCUT2D eigenvalue weighted by atomic mass is 10.1. The van der Waals surface area contributed by atoms with Crippen molar-refractivity contribution in [2.75, 3.05) is 17.1 Å². The van der Waals surface area contributed by atoms with Crippen LogP contribution in [0.3, 0.4) is 0 Å². The first-order valence-electron chi connectivity index (χ1n) is 10.9. The maximum Gasteiger partial charge on any atom is 0.244 e. The molecule has 7 nitrogen and oxygen atoms in total. The maximum absolute atomic E-state index is 13.5. The van der Waals surface area contributed by atoms with E-state index in [0.717, 1.165) is 28.1 Å². The highest BCUT2D eigenvalue weighted by molar-refractivity contribution is 7.92. The summed E-state index contributed by atoms with van der Waals surface area (Å²) in [4.78, 5) is 27.7. The van der Waals surface area contributed by atoms with Gasteiger partial charge in [0, 0.05) is 12.6 Å². The van der Waals surface area contributed by atoms with Crippen molar-refractivity contribution in [3.05, 3.63) is 63.6 Å². The third-order valence-electron chi connectivity index (χ3n) is 5.51. The highest BCUT2D eigenvalue weighted by atomic mass is 35.5. The molecule has 0 aliphatic carbocycles. The van der Waals surface area contributed by atoms with E-state index in [1.807, 2.05) is 45.0 Å². The second-order valence-electron chi connectivity index (χ2n) is 8.37. The summed E-state index contributed by atoms with van der Waals surface area (Å²) in [5.74, 6) is -0.834. The number of carbonyl (C=O) groups is 2. The van der Waals surface area contributed by atoms with Crippen LogP contribution in [0.15, 0.2) is 42.5 Å². The second kappa shape index (κ2) is 11.9. The Labute approximate surface area is 212 Å². The van der Waals surface area contributed by atoms with Gasteiger partial charge >= 0.3 is 0 Å². The Balaban J connectivity index is 2.39. The molecule has 34 heavy (non-hydrogen) atoms. The van der Waals surface area contributed by atoms with Gasteiger partial charge in [-0.25, -0.2) is 8.42 Å². The van der Waals surface area contributed by atoms with Crippen molar-refractivity contribution in [3.8, 4) is 0 Å². The number of benzene rings is 2. The zero-order chi connectivity index (χ0) is 25.6. The molecule has 0 aromatic heterocycles. The van der Waals surface area contributed by atoms with E-state index < -0.39 is 28.5 Å². The van der Waals surface area contributed by atoms with Crippen LogP contribution in [0.2, 0.25) is 10.0 Å². The molecular weight excluding hydrogens is 497 g/mol. The van der Waals surface area contributed by atoms with Crippen LogP contribution < -0.4 is 9.62 Å². The van der Waals surface area contributed by atoms with Crippen molar-refractivity contribution in [2.24, 2.45) is 0 Å². The zero-order valence-corrected chi connectivity index (χ0v) is 22.3. The summed E-state index contributed by atoms with van der Waals surface area (Å²) in [5, 5.41) is 3.32. The Bertz CT molecular complexity index is 1120. The number of sulfonamides is 1. The summed E-state index contributed by atoms with van der Waals surface area (Å²) in [6, 6.07) is 11.0. The van der Waals surface area contributed by atoms with Crippen molar-refractivity contribution in [1.82, 2.24) is 10.2 Å². The smallest absolute Gasteiger partial charge is 0.244 e. The van der Waals surface area contributed by atoms with Gasteiger partial charge in [-0.05, 0) is 51.0 Å². The molecule has 2 aromatic rings. The number of hydrogen-bond donors (Lipinski definition) is 1. The summed E-state index contributed by atoms with van der Waals surface area (Å²) in [5.41, 5.74) is 2.09. The summed E-state index contributed by atoms with van der Waals surface area (Å²) < 4.78 is 26.1. The van der Waals surface area contributed by atoms with Crippen LogP contribution in [-0.2, 0) is 26.2 Å². The van der Waals surface area contributed by atoms with Gasteiger partial charge in [0.15, 0.2) is 0 Å². The fraction of sp³-hybridized carbons (Fsp3) is 0.417. The van der Waals surface area contributed by atoms with E-state index >= 15 is 0 Å². The molecule has 0 spiro atoms. The van der Waals surface area contributed by atoms with Crippen molar-refractivity contribution >= 4 is 50.7 Å². The van der Waals surface area contributed by atoms with Crippen LogP contribution in [0.25, 0.3) is 0 Å². The SMILES string of the molecule is CC[C@@H](C)NC(=O)[C@H](C)N(Cc1ccc(C)cc1)C(=O)CN(c1ccc(Cl)c(Cl)c1)S(C)(=O)=O. The topological polar surface area (TPSA) is 86.8 Å². The van der Waals surface area contributed by atoms with E-state index in [1.165, 1.54) is 23.1 Å². The molecule has 0 unspecified atom stereocenters. The molecule has 2 aromatic carbocycles. The van der Waals surface area contributed by atoms with E-state index in [0.29, 0.717) is 0 Å². The summed E-state index contributed by atoms with van der Waals surface area (Å²) >= 11 is 12.0. The Morgan fingerprint density at radius 2 is 1.65 bits per heavy atom. The predicted molar refractivity (Wildman–Crippen MR) is 138 cm³/mol. The Hall–Kier alpha value is -2.29. The normalized spacial score (nSPS) is 13.1. The third-order valence-corrected chi connectivity index (χ3v) is 7.39. The van der Waals surface area contributed by atoms with E-state index in [4.69, 9.17) is 23.2 Å². The summed E-state index contributed by atoms with van der Waals surface area (Å²) in [6.45, 7) is 7.07. The summed E-state index contributed by atoms with van der Waals surface area (Å²) in [6.07, 6.45) is 1.75. The molecule has 0 bridgehead atoms. The fourth-order valence-corrected chi connectivity index (χ4v) is 4.33. The van der Waals surface area contributed by atoms with Crippen LogP contribution in [0.4, 0.5) is 5.69 Å². The molecule has 0 aliphatic heterocycles. The van der Waals surface area contributed by atoms with Crippen molar-refractivity contribution in [2.45, 2.75) is 52.7 Å². The molecule has 10 heteroatoms. The average Bonchev–Trinajstić information content (AvgIpc) is 2.77. The Kier molecular flexibility index (Phi) is 9.79. The largest absolute Gasteiger partial charge is 0.352 e. The lowest BCUT2D eigenvalue weighted by Crippen LogP contribution is -2.52. The number of nitrogens with one attached hydrogen (secondary N) is 1. The number of nitrogens with zero attached hydrogens (tertiary/aromatic N) is 2. The van der Waals surface area contributed by atoms with E-state index in [2.05, 4.69) is 5.32 Å². The molecule has 2 rings (SSSR count). The van der Waals surface area contributed by atoms with Crippen LogP contribution in [0.1, 0.15) is 38.3 Å². The molecule has 2 atom stereocenters. The van der Waals surface area contributed by atoms with Crippen LogP contribution in [0, 0.1) is 6.92 Å². The number of hydrogen-bond acceptors (Lipinski definition) is 4. The summed E-state index contributed by atoms with van der Waals surface area (Å²) in [7, 11) is -3.84. The van der Waals surface area contributed by atoms with Gasteiger partial charge < -0.3 is 10.2 Å².